The van der Waals surface area contributed by atoms with E-state index >= 15 is 0 Å². The second-order valence-corrected chi connectivity index (χ2v) is 6.25. The minimum atomic E-state index is -0.430. The number of aromatic amines is 1. The SMILES string of the molecule is Cc1[nH]c(C(=O)NCCc2cccc(O)c2)c(C)c1C(=O)OC(C)C. The average molecular weight is 344 g/mol. The molecule has 0 fully saturated rings. The van der Waals surface area contributed by atoms with Gasteiger partial charge in [0.15, 0.2) is 0 Å². The van der Waals surface area contributed by atoms with E-state index in [1.54, 1.807) is 45.9 Å². The molecular formula is C19H24N2O4. The van der Waals surface area contributed by atoms with Crippen molar-refractivity contribution in [3.63, 3.8) is 0 Å². The highest BCUT2D eigenvalue weighted by molar-refractivity contribution is 6.00. The Kier molecular flexibility index (Phi) is 5.85. The molecule has 0 aliphatic carbocycles. The lowest BCUT2D eigenvalue weighted by Crippen LogP contribution is -2.26. The Morgan fingerprint density at radius 3 is 2.64 bits per heavy atom. The van der Waals surface area contributed by atoms with Gasteiger partial charge in [-0.15, -0.1) is 0 Å². The molecule has 1 aromatic carbocycles. The predicted octanol–water partition coefficient (Wildman–Crippen LogP) is 2.87. The number of aromatic hydroxyl groups is 1. The fourth-order valence-corrected chi connectivity index (χ4v) is 2.68. The van der Waals surface area contributed by atoms with Gasteiger partial charge in [0.05, 0.1) is 11.7 Å². The van der Waals surface area contributed by atoms with Crippen molar-refractivity contribution in [2.45, 2.75) is 40.2 Å². The third-order valence-electron chi connectivity index (χ3n) is 3.82. The summed E-state index contributed by atoms with van der Waals surface area (Å²) in [5, 5.41) is 12.3. The van der Waals surface area contributed by atoms with Crippen molar-refractivity contribution in [2.24, 2.45) is 0 Å². The van der Waals surface area contributed by atoms with Crippen LogP contribution in [0.5, 0.6) is 5.75 Å². The molecule has 6 nitrogen and oxygen atoms in total. The van der Waals surface area contributed by atoms with Crippen molar-refractivity contribution in [3.8, 4) is 5.75 Å². The van der Waals surface area contributed by atoms with Crippen molar-refractivity contribution < 1.29 is 19.4 Å². The molecule has 6 heteroatoms. The zero-order chi connectivity index (χ0) is 18.6. The Morgan fingerprint density at radius 2 is 2.00 bits per heavy atom. The maximum atomic E-state index is 12.4. The van der Waals surface area contributed by atoms with Gasteiger partial charge in [-0.1, -0.05) is 12.1 Å². The highest BCUT2D eigenvalue weighted by Gasteiger charge is 2.23. The Labute approximate surface area is 147 Å². The summed E-state index contributed by atoms with van der Waals surface area (Å²) in [6.45, 7) is 7.46. The number of carbonyl (C=O) groups excluding carboxylic acids is 2. The molecule has 2 aromatic rings. The maximum absolute atomic E-state index is 12.4. The number of aryl methyl sites for hydroxylation is 1. The standard InChI is InChI=1S/C19H24N2O4/c1-11(2)25-19(24)16-12(3)17(21-13(16)4)18(23)20-9-8-14-6-5-7-15(22)10-14/h5-7,10-11,21-22H,8-9H2,1-4H3,(H,20,23). The van der Waals surface area contributed by atoms with Crippen LogP contribution in [0, 0.1) is 13.8 Å². The van der Waals surface area contributed by atoms with Crippen LogP contribution >= 0.6 is 0 Å². The van der Waals surface area contributed by atoms with Crippen LogP contribution in [0.4, 0.5) is 0 Å². The summed E-state index contributed by atoms with van der Waals surface area (Å²) in [6, 6.07) is 6.91. The van der Waals surface area contributed by atoms with E-state index in [1.165, 1.54) is 0 Å². The molecule has 0 spiro atoms. The molecule has 0 aliphatic heterocycles. The topological polar surface area (TPSA) is 91.4 Å². The quantitative estimate of drug-likeness (QED) is 0.703. The number of benzene rings is 1. The van der Waals surface area contributed by atoms with Gasteiger partial charge in [0.2, 0.25) is 0 Å². The van der Waals surface area contributed by atoms with Gasteiger partial charge in [0.25, 0.3) is 5.91 Å². The van der Waals surface area contributed by atoms with Crippen LogP contribution in [0.15, 0.2) is 24.3 Å². The molecule has 134 valence electrons. The number of rotatable bonds is 6. The number of amides is 1. The number of esters is 1. The Balaban J connectivity index is 2.03. The van der Waals surface area contributed by atoms with E-state index in [0.29, 0.717) is 35.5 Å². The Morgan fingerprint density at radius 1 is 1.28 bits per heavy atom. The van der Waals surface area contributed by atoms with E-state index in [-0.39, 0.29) is 17.8 Å². The van der Waals surface area contributed by atoms with E-state index < -0.39 is 5.97 Å². The van der Waals surface area contributed by atoms with Crippen LogP contribution in [0.25, 0.3) is 0 Å². The third-order valence-corrected chi connectivity index (χ3v) is 3.82. The van der Waals surface area contributed by atoms with Crippen LogP contribution < -0.4 is 5.32 Å². The molecule has 0 saturated carbocycles. The molecule has 0 atom stereocenters. The summed E-state index contributed by atoms with van der Waals surface area (Å²) in [5.41, 5.74) is 2.90. The smallest absolute Gasteiger partial charge is 0.340 e. The van der Waals surface area contributed by atoms with Gasteiger partial charge in [-0.25, -0.2) is 4.79 Å². The van der Waals surface area contributed by atoms with Crippen molar-refractivity contribution in [1.29, 1.82) is 0 Å². The summed E-state index contributed by atoms with van der Waals surface area (Å²) in [6.07, 6.45) is 0.377. The summed E-state index contributed by atoms with van der Waals surface area (Å²) >= 11 is 0. The summed E-state index contributed by atoms with van der Waals surface area (Å²) in [7, 11) is 0. The minimum absolute atomic E-state index is 0.202. The van der Waals surface area contributed by atoms with E-state index in [2.05, 4.69) is 10.3 Å². The lowest BCUT2D eigenvalue weighted by Gasteiger charge is -2.08. The fraction of sp³-hybridized carbons (Fsp3) is 0.368. The van der Waals surface area contributed by atoms with Gasteiger partial charge in [0, 0.05) is 12.2 Å². The van der Waals surface area contributed by atoms with Gasteiger partial charge in [-0.3, -0.25) is 4.79 Å². The summed E-state index contributed by atoms with van der Waals surface area (Å²) in [4.78, 5) is 27.5. The lowest BCUT2D eigenvalue weighted by molar-refractivity contribution is 0.0376. The number of hydrogen-bond acceptors (Lipinski definition) is 4. The van der Waals surface area contributed by atoms with E-state index in [9.17, 15) is 14.7 Å². The summed E-state index contributed by atoms with van der Waals surface area (Å²) in [5.74, 6) is -0.502. The van der Waals surface area contributed by atoms with Crippen LogP contribution in [0.3, 0.4) is 0 Å². The van der Waals surface area contributed by atoms with Gasteiger partial charge >= 0.3 is 5.97 Å². The molecule has 25 heavy (non-hydrogen) atoms. The van der Waals surface area contributed by atoms with Crippen LogP contribution in [0.2, 0.25) is 0 Å². The third kappa shape index (κ3) is 4.62. The monoisotopic (exact) mass is 344 g/mol. The molecule has 2 rings (SSSR count). The molecule has 0 unspecified atom stereocenters. The minimum Gasteiger partial charge on any atom is -0.508 e. The number of ether oxygens (including phenoxy) is 1. The molecule has 0 bridgehead atoms. The van der Waals surface area contributed by atoms with Crippen molar-refractivity contribution >= 4 is 11.9 Å². The number of phenolic OH excluding ortho intramolecular Hbond substituents is 1. The average Bonchev–Trinajstić information content (AvgIpc) is 2.81. The first-order valence-electron chi connectivity index (χ1n) is 8.25. The van der Waals surface area contributed by atoms with Crippen LogP contribution in [-0.2, 0) is 11.2 Å². The number of H-pyrrole nitrogens is 1. The van der Waals surface area contributed by atoms with Gasteiger partial charge < -0.3 is 20.1 Å². The highest BCUT2D eigenvalue weighted by atomic mass is 16.5. The van der Waals surface area contributed by atoms with E-state index in [1.807, 2.05) is 6.07 Å². The van der Waals surface area contributed by atoms with Crippen molar-refractivity contribution in [1.82, 2.24) is 10.3 Å². The molecule has 0 saturated heterocycles. The van der Waals surface area contributed by atoms with E-state index in [0.717, 1.165) is 5.56 Å². The summed E-state index contributed by atoms with van der Waals surface area (Å²) < 4.78 is 5.23. The largest absolute Gasteiger partial charge is 0.508 e. The van der Waals surface area contributed by atoms with Crippen molar-refractivity contribution in [2.75, 3.05) is 6.54 Å². The van der Waals surface area contributed by atoms with Crippen LogP contribution in [0.1, 0.15) is 51.5 Å². The predicted molar refractivity (Wildman–Crippen MR) is 95.0 cm³/mol. The second kappa shape index (κ2) is 7.88. The molecule has 3 N–H and O–H groups in total. The Hall–Kier alpha value is -2.76. The number of phenols is 1. The number of hydrogen-bond donors (Lipinski definition) is 3. The highest BCUT2D eigenvalue weighted by Crippen LogP contribution is 2.19. The zero-order valence-electron chi connectivity index (χ0n) is 15.0. The first-order valence-corrected chi connectivity index (χ1v) is 8.25. The lowest BCUT2D eigenvalue weighted by atomic mass is 10.1. The van der Waals surface area contributed by atoms with E-state index in [4.69, 9.17) is 4.74 Å². The first-order chi connectivity index (χ1) is 11.8. The van der Waals surface area contributed by atoms with Gasteiger partial charge in [-0.2, -0.15) is 0 Å². The number of carbonyl (C=O) groups is 2. The second-order valence-electron chi connectivity index (χ2n) is 6.25. The van der Waals surface area contributed by atoms with Crippen LogP contribution in [-0.4, -0.2) is 34.6 Å². The van der Waals surface area contributed by atoms with Crippen molar-refractivity contribution in [3.05, 3.63) is 52.3 Å². The fourth-order valence-electron chi connectivity index (χ4n) is 2.68. The molecule has 0 aliphatic rings. The molecule has 1 heterocycles. The molecule has 1 amide bonds. The van der Waals surface area contributed by atoms with Gasteiger partial charge in [-0.05, 0) is 57.4 Å². The Bertz CT molecular complexity index is 778. The van der Waals surface area contributed by atoms with Gasteiger partial charge in [0.1, 0.15) is 11.4 Å². The maximum Gasteiger partial charge on any atom is 0.340 e. The molecular weight excluding hydrogens is 320 g/mol. The molecule has 0 radical (unpaired) electrons. The molecule has 1 aromatic heterocycles. The number of aromatic nitrogens is 1. The zero-order valence-corrected chi connectivity index (χ0v) is 15.0. The number of nitrogens with one attached hydrogen (secondary N) is 2. The first kappa shape index (κ1) is 18.6. The normalized spacial score (nSPS) is 10.8.